The van der Waals surface area contributed by atoms with E-state index in [-0.39, 0.29) is 16.7 Å². The molecular weight excluding hydrogens is 464 g/mol. The number of aliphatic hydroxyl groups is 5. The second kappa shape index (κ2) is 9.03. The number of carbonyl (C=O) groups excluding carboxylic acids is 2. The van der Waals surface area contributed by atoms with Crippen LogP contribution in [0.5, 0.6) is 0 Å². The summed E-state index contributed by atoms with van der Waals surface area (Å²) in [7, 11) is 0. The van der Waals surface area contributed by atoms with Crippen molar-refractivity contribution < 1.29 is 39.9 Å². The fraction of sp³-hybridized carbons (Fsp3) is 0.429. The van der Waals surface area contributed by atoms with E-state index in [9.17, 15) is 35.1 Å². The van der Waals surface area contributed by atoms with Gasteiger partial charge in [-0.05, 0) is 53.7 Å². The highest BCUT2D eigenvalue weighted by atomic mass is 16.7. The summed E-state index contributed by atoms with van der Waals surface area (Å²) in [4.78, 5) is 27.5. The largest absolute Gasteiger partial charge is 0.508 e. The maximum Gasteiger partial charge on any atom is 0.209 e. The Balaban J connectivity index is 2.41. The first kappa shape index (κ1) is 27.4. The van der Waals surface area contributed by atoms with E-state index in [4.69, 9.17) is 4.74 Å². The first-order valence-corrected chi connectivity index (χ1v) is 11.7. The zero-order valence-corrected chi connectivity index (χ0v) is 21.4. The Morgan fingerprint density at radius 3 is 1.97 bits per heavy atom. The van der Waals surface area contributed by atoms with Gasteiger partial charge >= 0.3 is 0 Å². The molecule has 194 valence electrons. The van der Waals surface area contributed by atoms with E-state index in [1.54, 1.807) is 38.2 Å². The van der Waals surface area contributed by atoms with E-state index < -0.39 is 63.6 Å². The summed E-state index contributed by atoms with van der Waals surface area (Å²) in [6, 6.07) is 0. The summed E-state index contributed by atoms with van der Waals surface area (Å²) >= 11 is 0. The van der Waals surface area contributed by atoms with Crippen molar-refractivity contribution in [1.82, 2.24) is 0 Å². The van der Waals surface area contributed by atoms with Crippen LogP contribution < -0.4 is 0 Å². The predicted octanol–water partition coefficient (Wildman–Crippen LogP) is 4.11. The molecule has 3 aliphatic rings. The molecule has 36 heavy (non-hydrogen) atoms. The van der Waals surface area contributed by atoms with Gasteiger partial charge in [-0.2, -0.15) is 0 Å². The second-order valence-corrected chi connectivity index (χ2v) is 10.0. The molecule has 8 heteroatoms. The molecule has 1 saturated carbocycles. The van der Waals surface area contributed by atoms with Gasteiger partial charge in [-0.1, -0.05) is 36.5 Å². The number of allylic oxidation sites excluding steroid dienone is 9. The molecular formula is C28H34O8. The van der Waals surface area contributed by atoms with E-state index in [1.807, 2.05) is 0 Å². The van der Waals surface area contributed by atoms with Crippen molar-refractivity contribution in [3.63, 3.8) is 0 Å². The lowest BCUT2D eigenvalue weighted by Crippen LogP contribution is -2.68. The topological polar surface area (TPSA) is 145 Å². The van der Waals surface area contributed by atoms with Crippen LogP contribution in [0.2, 0.25) is 0 Å². The number of ketones is 2. The maximum absolute atomic E-state index is 14.1. The van der Waals surface area contributed by atoms with Crippen LogP contribution in [0.1, 0.15) is 48.0 Å². The van der Waals surface area contributed by atoms with Gasteiger partial charge in [0.15, 0.2) is 11.6 Å². The fourth-order valence-electron chi connectivity index (χ4n) is 5.77. The van der Waals surface area contributed by atoms with E-state index in [2.05, 4.69) is 0 Å². The maximum atomic E-state index is 14.1. The monoisotopic (exact) mass is 498 g/mol. The molecule has 0 radical (unpaired) electrons. The lowest BCUT2D eigenvalue weighted by atomic mass is 9.52. The molecule has 0 unspecified atom stereocenters. The van der Waals surface area contributed by atoms with Crippen molar-refractivity contribution in [2.75, 3.05) is 0 Å². The number of fused-ring (bicyclic) bond motifs is 3. The summed E-state index contributed by atoms with van der Waals surface area (Å²) < 4.78 is 5.97. The minimum Gasteiger partial charge on any atom is -0.508 e. The molecule has 2 aliphatic carbocycles. The van der Waals surface area contributed by atoms with Gasteiger partial charge in [-0.25, -0.2) is 0 Å². The average Bonchev–Trinajstić information content (AvgIpc) is 3.01. The Morgan fingerprint density at radius 1 is 0.917 bits per heavy atom. The van der Waals surface area contributed by atoms with Crippen molar-refractivity contribution >= 4 is 11.6 Å². The molecule has 0 bridgehead atoms. The molecule has 3 rings (SSSR count). The molecule has 2 fully saturated rings. The number of carbonyl (C=O) groups is 2. The standard InChI is InChI=1S/C28H34O8/c1-7-9-11-13-18(29)17-15-25(4,34)28(35)26(5,24(17)33)22-20(19(30)14-12-10-8-2)21(31)16(3)23(32)27(22,6)36-28/h7-14,22,29-31,34-35H,15H2,1-6H3/b9-7+,10-8+,13-11+,14-12+,18-17-,20-19+/t22-,25-,26+,27+,28-/m0/s1. The molecule has 0 aromatic carbocycles. The van der Waals surface area contributed by atoms with Crippen LogP contribution in [0.25, 0.3) is 0 Å². The van der Waals surface area contributed by atoms with Crippen molar-refractivity contribution in [3.8, 4) is 0 Å². The van der Waals surface area contributed by atoms with Crippen LogP contribution >= 0.6 is 0 Å². The Morgan fingerprint density at radius 2 is 1.44 bits per heavy atom. The summed E-state index contributed by atoms with van der Waals surface area (Å²) in [6.07, 6.45) is 11.8. The van der Waals surface area contributed by atoms with Gasteiger partial charge in [0.2, 0.25) is 5.79 Å². The minimum atomic E-state index is -2.60. The number of hydrogen-bond acceptors (Lipinski definition) is 8. The SMILES string of the molecule is C/C=C/C=C/C(O)=C1\C[C@](C)(O)[C@]2(O)O[C@@]3(C)C(=O)C(C)=C(O)/C(=C(O)/C=C/C=C/C)[C@H]3[C@]2(C)C1=O. The lowest BCUT2D eigenvalue weighted by molar-refractivity contribution is -0.326. The molecule has 0 aromatic rings. The van der Waals surface area contributed by atoms with Gasteiger partial charge in [0.05, 0.1) is 5.41 Å². The highest BCUT2D eigenvalue weighted by Crippen LogP contribution is 2.67. The molecule has 0 aromatic heterocycles. The van der Waals surface area contributed by atoms with Crippen molar-refractivity contribution in [3.05, 3.63) is 82.6 Å². The molecule has 1 saturated heterocycles. The number of Topliss-reactive ketones (excluding diaryl/α,β-unsaturated/α-hetero) is 2. The van der Waals surface area contributed by atoms with E-state index in [0.717, 1.165) is 0 Å². The summed E-state index contributed by atoms with van der Waals surface area (Å²) in [6.45, 7) is 8.82. The first-order valence-electron chi connectivity index (χ1n) is 11.7. The molecule has 0 amide bonds. The second-order valence-electron chi connectivity index (χ2n) is 10.0. The summed E-state index contributed by atoms with van der Waals surface area (Å²) in [5.74, 6) is -6.90. The van der Waals surface area contributed by atoms with E-state index in [0.29, 0.717) is 0 Å². The summed E-state index contributed by atoms with van der Waals surface area (Å²) in [5, 5.41) is 56.1. The number of hydrogen-bond donors (Lipinski definition) is 5. The van der Waals surface area contributed by atoms with Crippen molar-refractivity contribution in [2.24, 2.45) is 11.3 Å². The van der Waals surface area contributed by atoms with Crippen molar-refractivity contribution in [1.29, 1.82) is 0 Å². The zero-order chi connectivity index (χ0) is 27.3. The van der Waals surface area contributed by atoms with Gasteiger partial charge < -0.3 is 30.3 Å². The van der Waals surface area contributed by atoms with Crippen LogP contribution in [-0.4, -0.2) is 54.1 Å². The molecule has 1 heterocycles. The van der Waals surface area contributed by atoms with Crippen LogP contribution in [-0.2, 0) is 14.3 Å². The Hall–Kier alpha value is -3.20. The smallest absolute Gasteiger partial charge is 0.209 e. The third-order valence-electron chi connectivity index (χ3n) is 7.58. The van der Waals surface area contributed by atoms with Crippen LogP contribution in [0.15, 0.2) is 82.6 Å². The Labute approximate surface area is 210 Å². The predicted molar refractivity (Wildman–Crippen MR) is 134 cm³/mol. The third-order valence-corrected chi connectivity index (χ3v) is 7.58. The first-order chi connectivity index (χ1) is 16.7. The minimum absolute atomic E-state index is 0.124. The Bertz CT molecular complexity index is 1210. The molecule has 1 aliphatic heterocycles. The highest BCUT2D eigenvalue weighted by Gasteiger charge is 2.81. The molecule has 5 N–H and O–H groups in total. The van der Waals surface area contributed by atoms with E-state index in [1.165, 1.54) is 52.0 Å². The van der Waals surface area contributed by atoms with Crippen molar-refractivity contribution in [2.45, 2.75) is 65.0 Å². The number of aliphatic hydroxyl groups excluding tert-OH is 3. The van der Waals surface area contributed by atoms with Crippen LogP contribution in [0.4, 0.5) is 0 Å². The van der Waals surface area contributed by atoms with Gasteiger partial charge in [-0.3, -0.25) is 9.59 Å². The van der Waals surface area contributed by atoms with Gasteiger partial charge in [0, 0.05) is 29.1 Å². The highest BCUT2D eigenvalue weighted by molar-refractivity contribution is 6.09. The van der Waals surface area contributed by atoms with Crippen LogP contribution in [0.3, 0.4) is 0 Å². The Kier molecular flexibility index (Phi) is 6.87. The van der Waals surface area contributed by atoms with Gasteiger partial charge in [0.25, 0.3) is 0 Å². The number of rotatable bonds is 4. The normalized spacial score (nSPS) is 40.2. The van der Waals surface area contributed by atoms with Gasteiger partial charge in [0.1, 0.15) is 28.5 Å². The molecule has 8 nitrogen and oxygen atoms in total. The quantitative estimate of drug-likeness (QED) is 0.221. The lowest BCUT2D eigenvalue weighted by Gasteiger charge is -2.51. The fourth-order valence-corrected chi connectivity index (χ4v) is 5.77. The average molecular weight is 499 g/mol. The van der Waals surface area contributed by atoms with Crippen LogP contribution in [0, 0.1) is 11.3 Å². The third kappa shape index (κ3) is 3.55. The van der Waals surface area contributed by atoms with Gasteiger partial charge in [-0.15, -0.1) is 0 Å². The number of ether oxygens (including phenoxy) is 1. The van der Waals surface area contributed by atoms with E-state index >= 15 is 0 Å². The zero-order valence-electron chi connectivity index (χ0n) is 21.4. The summed E-state index contributed by atoms with van der Waals surface area (Å²) in [5.41, 5.74) is -6.64. The molecule has 0 spiro atoms. The molecule has 5 atom stereocenters.